The topological polar surface area (TPSA) is 44.0 Å². The van der Waals surface area contributed by atoms with Crippen LogP contribution in [0.1, 0.15) is 0 Å². The van der Waals surface area contributed by atoms with Crippen LogP contribution in [0.15, 0.2) is 53.4 Å². The molecule has 0 aliphatic heterocycles. The van der Waals surface area contributed by atoms with Crippen LogP contribution in [0.4, 0.5) is 0 Å². The van der Waals surface area contributed by atoms with E-state index in [-0.39, 0.29) is 5.75 Å². The molecule has 0 heterocycles. The molecule has 3 heteroatoms. The smallest absolute Gasteiger partial charge is 0.138 e. The van der Waals surface area contributed by atoms with Crippen molar-refractivity contribution in [1.82, 2.24) is 0 Å². The monoisotopic (exact) mass is 227 g/mol. The summed E-state index contributed by atoms with van der Waals surface area (Å²) in [5.74, 6) is 0.145. The molecular formula is C13H9NOS. The van der Waals surface area contributed by atoms with E-state index in [1.807, 2.05) is 47.9 Å². The van der Waals surface area contributed by atoms with Crippen molar-refractivity contribution in [1.29, 1.82) is 5.26 Å². The van der Waals surface area contributed by atoms with E-state index in [1.54, 1.807) is 6.07 Å². The highest BCUT2D eigenvalue weighted by Crippen LogP contribution is 2.32. The maximum atomic E-state index is 9.54. The van der Waals surface area contributed by atoms with Gasteiger partial charge in [0.25, 0.3) is 0 Å². The molecule has 0 bridgehead atoms. The van der Waals surface area contributed by atoms with E-state index in [0.29, 0.717) is 4.90 Å². The molecule has 0 amide bonds. The summed E-state index contributed by atoms with van der Waals surface area (Å²) in [6.45, 7) is 0. The number of nitriles is 1. The summed E-state index contributed by atoms with van der Waals surface area (Å²) in [6, 6.07) is 15.1. The number of aromatic hydroxyl groups is 1. The molecule has 0 fully saturated rings. The summed E-state index contributed by atoms with van der Waals surface area (Å²) in [6.07, 6.45) is 0. The number of rotatable bonds is 2. The van der Waals surface area contributed by atoms with Gasteiger partial charge in [0.1, 0.15) is 11.2 Å². The Morgan fingerprint density at radius 1 is 1.00 bits per heavy atom. The van der Waals surface area contributed by atoms with Crippen LogP contribution in [0, 0.1) is 10.7 Å². The minimum absolute atomic E-state index is 0.145. The first-order chi connectivity index (χ1) is 7.81. The maximum Gasteiger partial charge on any atom is 0.138 e. The minimum atomic E-state index is 0.145. The molecule has 0 radical (unpaired) electrons. The van der Waals surface area contributed by atoms with E-state index in [1.165, 1.54) is 0 Å². The first-order valence-electron chi connectivity index (χ1n) is 4.75. The van der Waals surface area contributed by atoms with E-state index >= 15 is 0 Å². The van der Waals surface area contributed by atoms with Crippen LogP contribution in [0.5, 0.6) is 5.75 Å². The van der Waals surface area contributed by atoms with Crippen LogP contribution in [0.25, 0.3) is 11.1 Å². The molecule has 0 saturated heterocycles. The highest BCUT2D eigenvalue weighted by Gasteiger charge is 2.04. The van der Waals surface area contributed by atoms with Gasteiger partial charge in [-0.15, -0.1) is 0 Å². The van der Waals surface area contributed by atoms with E-state index in [4.69, 9.17) is 5.26 Å². The SMILES string of the molecule is N#CSc1cc(-c2ccccc2)ccc1O. The molecule has 0 saturated carbocycles. The van der Waals surface area contributed by atoms with E-state index in [2.05, 4.69) is 0 Å². The molecule has 2 aromatic rings. The number of nitrogens with zero attached hydrogens (tertiary/aromatic N) is 1. The normalized spacial score (nSPS) is 9.69. The van der Waals surface area contributed by atoms with E-state index in [0.717, 1.165) is 22.9 Å². The molecule has 78 valence electrons. The summed E-state index contributed by atoms with van der Waals surface area (Å²) < 4.78 is 0. The quantitative estimate of drug-likeness (QED) is 0.629. The molecule has 0 spiro atoms. The molecule has 0 aliphatic carbocycles. The molecule has 0 unspecified atom stereocenters. The molecule has 16 heavy (non-hydrogen) atoms. The minimum Gasteiger partial charge on any atom is -0.507 e. The highest BCUT2D eigenvalue weighted by atomic mass is 32.2. The fraction of sp³-hybridized carbons (Fsp3) is 0. The van der Waals surface area contributed by atoms with Crippen LogP contribution >= 0.6 is 11.8 Å². The molecule has 0 atom stereocenters. The lowest BCUT2D eigenvalue weighted by molar-refractivity contribution is 0.462. The summed E-state index contributed by atoms with van der Waals surface area (Å²) in [7, 11) is 0. The molecule has 2 nitrogen and oxygen atoms in total. The molecule has 0 aromatic heterocycles. The molecule has 0 aliphatic rings. The van der Waals surface area contributed by atoms with Gasteiger partial charge in [0, 0.05) is 0 Å². The average Bonchev–Trinajstić information content (AvgIpc) is 2.33. The lowest BCUT2D eigenvalue weighted by Gasteiger charge is -2.04. The third kappa shape index (κ3) is 2.18. The number of benzene rings is 2. The molecule has 1 N–H and O–H groups in total. The number of phenols is 1. The summed E-state index contributed by atoms with van der Waals surface area (Å²) in [4.78, 5) is 0.587. The third-order valence-electron chi connectivity index (χ3n) is 2.22. The Morgan fingerprint density at radius 3 is 2.44 bits per heavy atom. The van der Waals surface area contributed by atoms with Gasteiger partial charge in [-0.3, -0.25) is 0 Å². The van der Waals surface area contributed by atoms with Crippen molar-refractivity contribution in [3.8, 4) is 22.3 Å². The molecule has 2 aromatic carbocycles. The van der Waals surface area contributed by atoms with Crippen molar-refractivity contribution < 1.29 is 5.11 Å². The first-order valence-corrected chi connectivity index (χ1v) is 5.57. The van der Waals surface area contributed by atoms with Crippen molar-refractivity contribution in [3.05, 3.63) is 48.5 Å². The largest absolute Gasteiger partial charge is 0.507 e. The Balaban J connectivity index is 2.45. The van der Waals surface area contributed by atoms with Crippen molar-refractivity contribution in [2.24, 2.45) is 0 Å². The maximum absolute atomic E-state index is 9.54. The van der Waals surface area contributed by atoms with Crippen molar-refractivity contribution >= 4 is 11.8 Å². The summed E-state index contributed by atoms with van der Waals surface area (Å²) >= 11 is 0.966. The van der Waals surface area contributed by atoms with Crippen molar-refractivity contribution in [2.75, 3.05) is 0 Å². The van der Waals surface area contributed by atoms with Gasteiger partial charge >= 0.3 is 0 Å². The summed E-state index contributed by atoms with van der Waals surface area (Å²) in [5.41, 5.74) is 2.07. The second kappa shape index (κ2) is 4.73. The van der Waals surface area contributed by atoms with Crippen molar-refractivity contribution in [2.45, 2.75) is 4.90 Å². The number of phenolic OH excluding ortho intramolecular Hbond substituents is 1. The predicted molar refractivity (Wildman–Crippen MR) is 65.0 cm³/mol. The van der Waals surface area contributed by atoms with E-state index in [9.17, 15) is 5.11 Å². The standard InChI is InChI=1S/C13H9NOS/c14-9-16-13-8-11(6-7-12(13)15)10-4-2-1-3-5-10/h1-8,15H. The van der Waals surface area contributed by atoms with Gasteiger partial charge in [-0.05, 0) is 35.0 Å². The van der Waals surface area contributed by atoms with E-state index < -0.39 is 0 Å². The van der Waals surface area contributed by atoms with Crippen LogP contribution in [-0.2, 0) is 0 Å². The Kier molecular flexibility index (Phi) is 3.13. The van der Waals surface area contributed by atoms with Crippen LogP contribution in [0.3, 0.4) is 0 Å². The first kappa shape index (κ1) is 10.6. The second-order valence-corrected chi connectivity index (χ2v) is 4.07. The van der Waals surface area contributed by atoms with Crippen LogP contribution < -0.4 is 0 Å². The Morgan fingerprint density at radius 2 is 1.75 bits per heavy atom. The fourth-order valence-corrected chi connectivity index (χ4v) is 1.91. The number of hydrogen-bond acceptors (Lipinski definition) is 3. The zero-order chi connectivity index (χ0) is 11.4. The second-order valence-electron chi connectivity index (χ2n) is 3.24. The van der Waals surface area contributed by atoms with Gasteiger partial charge in [-0.2, -0.15) is 5.26 Å². The van der Waals surface area contributed by atoms with Gasteiger partial charge in [-0.25, -0.2) is 0 Å². The fourth-order valence-electron chi connectivity index (χ4n) is 1.46. The van der Waals surface area contributed by atoms with Gasteiger partial charge in [0.05, 0.1) is 4.90 Å². The Bertz CT molecular complexity index is 531. The zero-order valence-electron chi connectivity index (χ0n) is 8.42. The number of hydrogen-bond donors (Lipinski definition) is 1. The molecular weight excluding hydrogens is 218 g/mol. The lowest BCUT2D eigenvalue weighted by Crippen LogP contribution is -1.79. The summed E-state index contributed by atoms with van der Waals surface area (Å²) in [5, 5.41) is 20.1. The predicted octanol–water partition coefficient (Wildman–Crippen LogP) is 3.63. The van der Waals surface area contributed by atoms with Crippen LogP contribution in [-0.4, -0.2) is 5.11 Å². The van der Waals surface area contributed by atoms with Crippen molar-refractivity contribution in [3.63, 3.8) is 0 Å². The van der Waals surface area contributed by atoms with Crippen LogP contribution in [0.2, 0.25) is 0 Å². The Labute approximate surface area is 98.2 Å². The Hall–Kier alpha value is -1.92. The third-order valence-corrected chi connectivity index (χ3v) is 2.86. The number of thiocyanates is 1. The van der Waals surface area contributed by atoms with Gasteiger partial charge in [-0.1, -0.05) is 36.4 Å². The van der Waals surface area contributed by atoms with Gasteiger partial charge in [0.2, 0.25) is 0 Å². The molecule has 2 rings (SSSR count). The zero-order valence-corrected chi connectivity index (χ0v) is 9.24. The lowest BCUT2D eigenvalue weighted by atomic mass is 10.1. The van der Waals surface area contributed by atoms with Gasteiger partial charge in [0.15, 0.2) is 0 Å². The number of thioether (sulfide) groups is 1. The average molecular weight is 227 g/mol. The van der Waals surface area contributed by atoms with Gasteiger partial charge < -0.3 is 5.11 Å². The highest BCUT2D eigenvalue weighted by molar-refractivity contribution is 8.03.